The fraction of sp³-hybridized carbons (Fsp3) is 0.562. The van der Waals surface area contributed by atoms with Crippen LogP contribution >= 0.6 is 0 Å². The highest BCUT2D eigenvalue weighted by molar-refractivity contribution is 5.74. The van der Waals surface area contributed by atoms with Crippen LogP contribution in [0, 0.1) is 11.7 Å². The summed E-state index contributed by atoms with van der Waals surface area (Å²) >= 11 is 0. The number of likely N-dealkylation sites (N-methyl/N-ethyl adjacent to an activating group) is 1. The molecule has 1 aromatic heterocycles. The molecule has 0 saturated carbocycles. The number of rotatable bonds is 6. The Morgan fingerprint density at radius 2 is 2.38 bits per heavy atom. The van der Waals surface area contributed by atoms with Crippen LogP contribution in [-0.4, -0.2) is 47.7 Å². The zero-order valence-electron chi connectivity index (χ0n) is 12.4. The van der Waals surface area contributed by atoms with Gasteiger partial charge in [0, 0.05) is 26.1 Å². The lowest BCUT2D eigenvalue weighted by atomic mass is 10.1. The van der Waals surface area contributed by atoms with Gasteiger partial charge in [0.1, 0.15) is 11.6 Å². The van der Waals surface area contributed by atoms with E-state index in [1.54, 1.807) is 6.07 Å². The Labute approximate surface area is 124 Å². The Morgan fingerprint density at radius 1 is 1.48 bits per heavy atom. The second kappa shape index (κ2) is 6.54. The molecule has 1 atom stereocenters. The monoisotopic (exact) mass is 291 g/mol. The van der Waals surface area contributed by atoms with Crippen molar-refractivity contribution in [3.8, 4) is 0 Å². The van der Waals surface area contributed by atoms with Crippen molar-refractivity contribution >= 4 is 11.0 Å². The average Bonchev–Trinajstić information content (AvgIpc) is 3.11. The smallest absolute Gasteiger partial charge is 0.125 e. The quantitative estimate of drug-likeness (QED) is 0.889. The molecule has 2 heterocycles. The van der Waals surface area contributed by atoms with Crippen molar-refractivity contribution in [2.45, 2.75) is 19.8 Å². The van der Waals surface area contributed by atoms with Crippen LogP contribution in [-0.2, 0) is 11.2 Å². The van der Waals surface area contributed by atoms with Crippen LogP contribution in [0.2, 0.25) is 0 Å². The van der Waals surface area contributed by atoms with Crippen LogP contribution in [0.25, 0.3) is 11.0 Å². The number of hydrogen-bond acceptors (Lipinski definition) is 3. The van der Waals surface area contributed by atoms with E-state index < -0.39 is 0 Å². The van der Waals surface area contributed by atoms with Crippen LogP contribution in [0.4, 0.5) is 4.39 Å². The largest absolute Gasteiger partial charge is 0.381 e. The lowest BCUT2D eigenvalue weighted by molar-refractivity contribution is 0.169. The molecule has 1 aromatic carbocycles. The molecule has 0 radical (unpaired) electrons. The van der Waals surface area contributed by atoms with Gasteiger partial charge in [-0.15, -0.1) is 0 Å². The summed E-state index contributed by atoms with van der Waals surface area (Å²) < 4.78 is 18.6. The van der Waals surface area contributed by atoms with Crippen LogP contribution in [0.15, 0.2) is 18.2 Å². The Morgan fingerprint density at radius 3 is 3.14 bits per heavy atom. The van der Waals surface area contributed by atoms with Gasteiger partial charge in [-0.1, -0.05) is 6.92 Å². The van der Waals surface area contributed by atoms with E-state index in [1.807, 2.05) is 0 Å². The average molecular weight is 291 g/mol. The third-order valence-corrected chi connectivity index (χ3v) is 4.15. The van der Waals surface area contributed by atoms with Crippen molar-refractivity contribution in [3.05, 3.63) is 29.8 Å². The summed E-state index contributed by atoms with van der Waals surface area (Å²) in [4.78, 5) is 10.2. The van der Waals surface area contributed by atoms with Crippen molar-refractivity contribution in [2.24, 2.45) is 5.92 Å². The number of H-pyrrole nitrogens is 1. The van der Waals surface area contributed by atoms with Crippen molar-refractivity contribution in [2.75, 3.05) is 32.8 Å². The van der Waals surface area contributed by atoms with E-state index in [9.17, 15) is 4.39 Å². The maximum Gasteiger partial charge on any atom is 0.125 e. The molecule has 5 heteroatoms. The maximum absolute atomic E-state index is 13.2. The molecule has 1 fully saturated rings. The Bertz CT molecular complexity index is 592. The molecule has 3 rings (SSSR count). The molecule has 4 nitrogen and oxygen atoms in total. The second-order valence-corrected chi connectivity index (χ2v) is 5.72. The third-order valence-electron chi connectivity index (χ3n) is 4.15. The zero-order chi connectivity index (χ0) is 14.7. The third kappa shape index (κ3) is 3.60. The standard InChI is InChI=1S/C16H22FN3O/c1-2-20(10-12-6-8-21-11-12)7-5-16-18-14-4-3-13(17)9-15(14)19-16/h3-4,9,12H,2,5-8,10-11H2,1H3,(H,18,19)/t12-/m1/s1. The van der Waals surface area contributed by atoms with Gasteiger partial charge in [0.15, 0.2) is 0 Å². The van der Waals surface area contributed by atoms with Gasteiger partial charge in [0.05, 0.1) is 17.6 Å². The van der Waals surface area contributed by atoms with Gasteiger partial charge in [-0.05, 0) is 37.1 Å². The van der Waals surface area contributed by atoms with E-state index in [0.717, 1.165) is 56.1 Å². The molecule has 0 aliphatic carbocycles. The normalized spacial score (nSPS) is 18.9. The molecule has 0 amide bonds. The van der Waals surface area contributed by atoms with Gasteiger partial charge in [0.25, 0.3) is 0 Å². The van der Waals surface area contributed by atoms with E-state index in [4.69, 9.17) is 4.74 Å². The van der Waals surface area contributed by atoms with Crippen LogP contribution < -0.4 is 0 Å². The minimum atomic E-state index is -0.228. The van der Waals surface area contributed by atoms with Crippen molar-refractivity contribution in [3.63, 3.8) is 0 Å². The van der Waals surface area contributed by atoms with E-state index in [-0.39, 0.29) is 5.82 Å². The minimum Gasteiger partial charge on any atom is -0.381 e. The number of aromatic nitrogens is 2. The van der Waals surface area contributed by atoms with E-state index in [2.05, 4.69) is 21.8 Å². The second-order valence-electron chi connectivity index (χ2n) is 5.72. The summed E-state index contributed by atoms with van der Waals surface area (Å²) in [6, 6.07) is 4.67. The SMILES string of the molecule is CCN(CCc1nc2ccc(F)cc2[nH]1)C[C@H]1CCOC1. The van der Waals surface area contributed by atoms with Gasteiger partial charge in [0.2, 0.25) is 0 Å². The lowest BCUT2D eigenvalue weighted by Crippen LogP contribution is -2.31. The van der Waals surface area contributed by atoms with E-state index in [1.165, 1.54) is 18.6 Å². The number of ether oxygens (including phenoxy) is 1. The number of aromatic amines is 1. The Kier molecular flexibility index (Phi) is 4.51. The Balaban J connectivity index is 1.58. The number of fused-ring (bicyclic) bond motifs is 1. The van der Waals surface area contributed by atoms with Crippen LogP contribution in [0.1, 0.15) is 19.2 Å². The van der Waals surface area contributed by atoms with Gasteiger partial charge >= 0.3 is 0 Å². The number of nitrogens with one attached hydrogen (secondary N) is 1. The summed E-state index contributed by atoms with van der Waals surface area (Å²) in [6.45, 7) is 7.06. The Hall–Kier alpha value is -1.46. The molecule has 2 aromatic rings. The zero-order valence-corrected chi connectivity index (χ0v) is 12.4. The number of nitrogens with zero attached hydrogens (tertiary/aromatic N) is 2. The predicted molar refractivity (Wildman–Crippen MR) is 80.8 cm³/mol. The molecule has 114 valence electrons. The summed E-state index contributed by atoms with van der Waals surface area (Å²) in [5, 5.41) is 0. The molecule has 1 saturated heterocycles. The number of benzene rings is 1. The first kappa shape index (κ1) is 14.5. The maximum atomic E-state index is 13.2. The molecular weight excluding hydrogens is 269 g/mol. The number of imidazole rings is 1. The van der Waals surface area contributed by atoms with Gasteiger partial charge in [-0.2, -0.15) is 0 Å². The molecule has 1 N–H and O–H groups in total. The molecule has 0 spiro atoms. The molecule has 0 bridgehead atoms. The van der Waals surface area contributed by atoms with Gasteiger partial charge < -0.3 is 14.6 Å². The first-order chi connectivity index (χ1) is 10.2. The topological polar surface area (TPSA) is 41.2 Å². The summed E-state index contributed by atoms with van der Waals surface area (Å²) in [5.74, 6) is 1.36. The summed E-state index contributed by atoms with van der Waals surface area (Å²) in [5.41, 5.74) is 1.61. The first-order valence-corrected chi connectivity index (χ1v) is 7.69. The highest BCUT2D eigenvalue weighted by atomic mass is 19.1. The molecule has 1 aliphatic heterocycles. The minimum absolute atomic E-state index is 0.228. The molecule has 21 heavy (non-hydrogen) atoms. The van der Waals surface area contributed by atoms with Crippen molar-refractivity contribution < 1.29 is 9.13 Å². The van der Waals surface area contributed by atoms with Gasteiger partial charge in [-0.25, -0.2) is 9.37 Å². The fourth-order valence-corrected chi connectivity index (χ4v) is 2.89. The highest BCUT2D eigenvalue weighted by Crippen LogP contribution is 2.15. The van der Waals surface area contributed by atoms with Crippen LogP contribution in [0.3, 0.4) is 0 Å². The van der Waals surface area contributed by atoms with Crippen molar-refractivity contribution in [1.29, 1.82) is 0 Å². The summed E-state index contributed by atoms with van der Waals surface area (Å²) in [6.07, 6.45) is 2.03. The van der Waals surface area contributed by atoms with E-state index >= 15 is 0 Å². The number of hydrogen-bond donors (Lipinski definition) is 1. The van der Waals surface area contributed by atoms with Gasteiger partial charge in [-0.3, -0.25) is 0 Å². The number of halogens is 1. The molecule has 1 aliphatic rings. The first-order valence-electron chi connectivity index (χ1n) is 7.69. The van der Waals surface area contributed by atoms with E-state index in [0.29, 0.717) is 5.92 Å². The predicted octanol–water partition coefficient (Wildman–Crippen LogP) is 2.60. The lowest BCUT2D eigenvalue weighted by Gasteiger charge is -2.22. The van der Waals surface area contributed by atoms with Crippen molar-refractivity contribution in [1.82, 2.24) is 14.9 Å². The molecular formula is C16H22FN3O. The van der Waals surface area contributed by atoms with Crippen LogP contribution in [0.5, 0.6) is 0 Å². The highest BCUT2D eigenvalue weighted by Gasteiger charge is 2.18. The molecule has 0 unspecified atom stereocenters. The fourth-order valence-electron chi connectivity index (χ4n) is 2.89. The summed E-state index contributed by atoms with van der Waals surface area (Å²) in [7, 11) is 0.